The molecule has 0 aliphatic rings. The van der Waals surface area contributed by atoms with Gasteiger partial charge in [0.05, 0.1) is 11.1 Å². The Morgan fingerprint density at radius 1 is 1.53 bits per heavy atom. The van der Waals surface area contributed by atoms with Gasteiger partial charge in [-0.2, -0.15) is 4.09 Å². The topological polar surface area (TPSA) is 84.8 Å². The Morgan fingerprint density at radius 2 is 2.26 bits per heavy atom. The van der Waals surface area contributed by atoms with Crippen LogP contribution in [0.5, 0.6) is 0 Å². The number of halogens is 1. The van der Waals surface area contributed by atoms with Gasteiger partial charge in [0.1, 0.15) is 0 Å². The molecule has 0 aliphatic heterocycles. The molecule has 0 spiro atoms. The van der Waals surface area contributed by atoms with Crippen molar-refractivity contribution < 1.29 is 8.42 Å². The highest BCUT2D eigenvalue weighted by Crippen LogP contribution is 2.15. The Morgan fingerprint density at radius 3 is 2.95 bits per heavy atom. The van der Waals surface area contributed by atoms with Crippen molar-refractivity contribution in [3.05, 3.63) is 27.1 Å². The van der Waals surface area contributed by atoms with Gasteiger partial charge in [-0.15, -0.1) is 12.3 Å². The summed E-state index contributed by atoms with van der Waals surface area (Å²) in [5.41, 5.74) is -0.404. The average molecular weight is 344 g/mol. The quantitative estimate of drug-likeness (QED) is 0.664. The van der Waals surface area contributed by atoms with Crippen LogP contribution in [0.25, 0.3) is 11.0 Å². The summed E-state index contributed by atoms with van der Waals surface area (Å²) in [7, 11) is -3.66. The van der Waals surface area contributed by atoms with Gasteiger partial charge in [-0.05, 0) is 28.4 Å². The predicted octanol–water partition coefficient (Wildman–Crippen LogP) is 1.08. The zero-order chi connectivity index (χ0) is 14.0. The molecule has 2 aromatic heterocycles. The summed E-state index contributed by atoms with van der Waals surface area (Å²) < 4.78 is 25.6. The van der Waals surface area contributed by atoms with Gasteiger partial charge in [-0.25, -0.2) is 18.5 Å². The molecule has 1 N–H and O–H groups in total. The Bertz CT molecular complexity index is 814. The molecule has 0 amide bonds. The molecular weight excluding hydrogens is 334 g/mol. The summed E-state index contributed by atoms with van der Waals surface area (Å²) >= 11 is 3.18. The van der Waals surface area contributed by atoms with Crippen molar-refractivity contribution in [2.75, 3.05) is 5.75 Å². The fourth-order valence-electron chi connectivity index (χ4n) is 1.62. The largest absolute Gasteiger partial charge is 0.274 e. The number of aromatic nitrogens is 3. The molecule has 0 unspecified atom stereocenters. The lowest BCUT2D eigenvalue weighted by Gasteiger charge is -2.04. The number of nitrogens with zero attached hydrogens (tertiary/aromatic N) is 2. The predicted molar refractivity (Wildman–Crippen MR) is 75.3 cm³/mol. The first-order valence-electron chi connectivity index (χ1n) is 5.38. The van der Waals surface area contributed by atoms with Crippen LogP contribution in [0.4, 0.5) is 0 Å². The molecule has 2 aromatic rings. The summed E-state index contributed by atoms with van der Waals surface area (Å²) in [5, 5.41) is 2.50. The molecule has 8 heteroatoms. The Hall–Kier alpha value is -1.59. The maximum absolute atomic E-state index is 12.1. The van der Waals surface area contributed by atoms with Crippen LogP contribution < -0.4 is 5.56 Å². The van der Waals surface area contributed by atoms with Crippen molar-refractivity contribution in [1.82, 2.24) is 14.2 Å². The molecule has 0 atom stereocenters. The van der Waals surface area contributed by atoms with Gasteiger partial charge in [0, 0.05) is 17.1 Å². The molecule has 0 bridgehead atoms. The van der Waals surface area contributed by atoms with E-state index in [9.17, 15) is 13.2 Å². The summed E-state index contributed by atoms with van der Waals surface area (Å²) in [4.78, 5) is 15.7. The van der Waals surface area contributed by atoms with E-state index in [0.29, 0.717) is 17.3 Å². The lowest BCUT2D eigenvalue weighted by atomic mass is 10.4. The molecule has 100 valence electrons. The van der Waals surface area contributed by atoms with E-state index in [2.05, 4.69) is 31.9 Å². The molecule has 2 rings (SSSR count). The number of aromatic amines is 1. The third-order valence-corrected chi connectivity index (χ3v) is 4.53. The number of fused-ring (bicyclic) bond motifs is 1. The van der Waals surface area contributed by atoms with Crippen LogP contribution in [0, 0.1) is 12.3 Å². The van der Waals surface area contributed by atoms with Crippen LogP contribution in [0.3, 0.4) is 0 Å². The molecule has 0 aliphatic carbocycles. The molecule has 0 saturated heterocycles. The number of H-pyrrole nitrogens is 1. The first-order chi connectivity index (χ1) is 8.95. The number of unbranched alkanes of at least 4 members (excludes halogenated alkanes) is 1. The summed E-state index contributed by atoms with van der Waals surface area (Å²) in [6, 6.07) is 1.52. The van der Waals surface area contributed by atoms with Crippen LogP contribution in [0.2, 0.25) is 0 Å². The number of nitrogens with one attached hydrogen (secondary N) is 1. The fourth-order valence-corrected chi connectivity index (χ4v) is 3.27. The molecule has 0 saturated carbocycles. The molecule has 2 heterocycles. The highest BCUT2D eigenvalue weighted by atomic mass is 79.9. The summed E-state index contributed by atoms with van der Waals surface area (Å²) in [6.45, 7) is 0. The van der Waals surface area contributed by atoms with Crippen LogP contribution in [-0.4, -0.2) is 28.3 Å². The van der Waals surface area contributed by atoms with Gasteiger partial charge in [0.25, 0.3) is 15.6 Å². The van der Waals surface area contributed by atoms with Crippen molar-refractivity contribution in [3.63, 3.8) is 0 Å². The summed E-state index contributed by atoms with van der Waals surface area (Å²) in [5.74, 6) is 2.23. The van der Waals surface area contributed by atoms with Gasteiger partial charge in [0.15, 0.2) is 5.65 Å². The maximum atomic E-state index is 12.1. The van der Waals surface area contributed by atoms with Crippen molar-refractivity contribution >= 4 is 37.0 Å². The van der Waals surface area contributed by atoms with Crippen molar-refractivity contribution in [3.8, 4) is 12.3 Å². The smallest absolute Gasteiger partial charge is 0.267 e. The normalized spacial score (nSPS) is 11.6. The van der Waals surface area contributed by atoms with E-state index in [1.807, 2.05) is 0 Å². The van der Waals surface area contributed by atoms with E-state index in [1.54, 1.807) is 0 Å². The molecule has 0 aromatic carbocycles. The van der Waals surface area contributed by atoms with E-state index >= 15 is 0 Å². The molecular formula is C11H10BrN3O3S. The number of terminal acetylenes is 1. The second-order valence-corrected chi connectivity index (χ2v) is 6.71. The van der Waals surface area contributed by atoms with E-state index < -0.39 is 15.6 Å². The van der Waals surface area contributed by atoms with Crippen LogP contribution in [-0.2, 0) is 10.0 Å². The molecule has 6 nitrogen and oxygen atoms in total. The molecule has 0 fully saturated rings. The van der Waals surface area contributed by atoms with E-state index in [4.69, 9.17) is 6.42 Å². The van der Waals surface area contributed by atoms with Gasteiger partial charge in [-0.3, -0.25) is 4.79 Å². The maximum Gasteiger partial charge on any atom is 0.274 e. The van der Waals surface area contributed by atoms with Gasteiger partial charge >= 0.3 is 0 Å². The summed E-state index contributed by atoms with van der Waals surface area (Å²) in [6.07, 6.45) is 7.21. The van der Waals surface area contributed by atoms with Crippen molar-refractivity contribution in [1.29, 1.82) is 0 Å². The number of hydrogen-bond acceptors (Lipinski definition) is 4. The minimum absolute atomic E-state index is 0.0916. The SMILES string of the molecule is C#CCCCS(=O)(=O)n1[nH]c(=O)c2cc(Br)cnc21. The standard InChI is InChI=1S/C11H10BrN3O3S/c1-2-3-4-5-19(17,18)15-10-9(11(16)14-15)6-8(12)7-13-10/h1,6-7H,3-5H2,(H,14,16). The second-order valence-electron chi connectivity index (χ2n) is 3.85. The van der Waals surface area contributed by atoms with E-state index in [-0.39, 0.29) is 16.8 Å². The van der Waals surface area contributed by atoms with Gasteiger partial charge in [0.2, 0.25) is 0 Å². The minimum atomic E-state index is -3.66. The van der Waals surface area contributed by atoms with E-state index in [0.717, 1.165) is 4.09 Å². The molecule has 19 heavy (non-hydrogen) atoms. The Balaban J connectivity index is 2.52. The monoisotopic (exact) mass is 343 g/mol. The third kappa shape index (κ3) is 2.72. The van der Waals surface area contributed by atoms with Crippen LogP contribution in [0.1, 0.15) is 12.8 Å². The van der Waals surface area contributed by atoms with E-state index in [1.165, 1.54) is 12.3 Å². The fraction of sp³-hybridized carbons (Fsp3) is 0.273. The van der Waals surface area contributed by atoms with Gasteiger partial charge < -0.3 is 0 Å². The van der Waals surface area contributed by atoms with Gasteiger partial charge in [-0.1, -0.05) is 0 Å². The average Bonchev–Trinajstić information content (AvgIpc) is 2.68. The van der Waals surface area contributed by atoms with Crippen molar-refractivity contribution in [2.45, 2.75) is 12.8 Å². The lowest BCUT2D eigenvalue weighted by molar-refractivity contribution is 0.579. The highest BCUT2D eigenvalue weighted by molar-refractivity contribution is 9.10. The Kier molecular flexibility index (Phi) is 3.78. The first-order valence-corrected chi connectivity index (χ1v) is 7.79. The number of rotatable bonds is 4. The molecule has 0 radical (unpaired) electrons. The Labute approximate surface area is 118 Å². The first kappa shape index (κ1) is 13.8. The third-order valence-electron chi connectivity index (χ3n) is 2.47. The van der Waals surface area contributed by atoms with Crippen LogP contribution >= 0.6 is 15.9 Å². The zero-order valence-corrected chi connectivity index (χ0v) is 12.2. The minimum Gasteiger partial charge on any atom is -0.267 e. The van der Waals surface area contributed by atoms with Crippen LogP contribution in [0.15, 0.2) is 21.5 Å². The lowest BCUT2D eigenvalue weighted by Crippen LogP contribution is -2.20. The second kappa shape index (κ2) is 5.19. The van der Waals surface area contributed by atoms with Crippen molar-refractivity contribution in [2.24, 2.45) is 0 Å². The zero-order valence-electron chi connectivity index (χ0n) is 9.76. The highest BCUT2D eigenvalue weighted by Gasteiger charge is 2.19. The number of hydrogen-bond donors (Lipinski definition) is 1. The number of pyridine rings is 1.